The molecule has 0 amide bonds. The van der Waals surface area contributed by atoms with Gasteiger partial charge >= 0.3 is 217 Å². The molecule has 3 aromatic rings. The van der Waals surface area contributed by atoms with E-state index in [0.29, 0.717) is 6.16 Å². The zero-order chi connectivity index (χ0) is 26.7. The minimum atomic E-state index is -4.46. The van der Waals surface area contributed by atoms with Gasteiger partial charge in [-0.05, 0) is 0 Å². The molecule has 196 valence electrons. The van der Waals surface area contributed by atoms with Crippen molar-refractivity contribution in [2.24, 2.45) is 11.8 Å². The maximum absolute atomic E-state index is 14.2. The number of hydrogen-bond donors (Lipinski definition) is 2. The van der Waals surface area contributed by atoms with E-state index in [0.717, 1.165) is 15.9 Å². The van der Waals surface area contributed by atoms with Crippen molar-refractivity contribution in [2.45, 2.75) is 31.4 Å². The van der Waals surface area contributed by atoms with E-state index in [1.54, 1.807) is 0 Å². The Morgan fingerprint density at radius 3 is 1.38 bits per heavy atom. The van der Waals surface area contributed by atoms with Crippen molar-refractivity contribution in [3.63, 3.8) is 0 Å². The molecule has 0 aromatic heterocycles. The molecule has 0 heterocycles. The van der Waals surface area contributed by atoms with E-state index in [-0.39, 0.29) is 19.3 Å². The molecule has 1 aliphatic rings. The third kappa shape index (κ3) is 4.70. The van der Waals surface area contributed by atoms with Gasteiger partial charge in [0.2, 0.25) is 0 Å². The number of carboxylic acids is 2. The molecule has 9 heteroatoms. The van der Waals surface area contributed by atoms with Gasteiger partial charge in [-0.2, -0.15) is 0 Å². The van der Waals surface area contributed by atoms with Gasteiger partial charge in [0.05, 0.1) is 0 Å². The first-order chi connectivity index (χ1) is 17.6. The van der Waals surface area contributed by atoms with Crippen LogP contribution in [-0.2, 0) is 23.7 Å². The van der Waals surface area contributed by atoms with E-state index >= 15 is 0 Å². The van der Waals surface area contributed by atoms with Crippen molar-refractivity contribution in [3.05, 3.63) is 91.0 Å². The second kappa shape index (κ2) is 10.4. The average Bonchev–Trinajstić information content (AvgIpc) is 2.93. The number of aliphatic carboxylic acids is 2. The van der Waals surface area contributed by atoms with Crippen LogP contribution in [0.5, 0.6) is 0 Å². The summed E-state index contributed by atoms with van der Waals surface area (Å²) in [6.45, 7) is -2.27. The van der Waals surface area contributed by atoms with Gasteiger partial charge in [-0.25, -0.2) is 0 Å². The van der Waals surface area contributed by atoms with Crippen LogP contribution in [0.25, 0.3) is 0 Å². The Kier molecular flexibility index (Phi) is 7.56. The molecule has 0 spiro atoms. The number of hydrogen-bond acceptors (Lipinski definition) is 5. The van der Waals surface area contributed by atoms with Crippen LogP contribution in [0.4, 0.5) is 0 Å². The van der Waals surface area contributed by atoms with Crippen LogP contribution in [0.15, 0.2) is 91.0 Å². The second-order valence-corrected chi connectivity index (χ2v) is 16.4. The fraction of sp³-hybridized carbons (Fsp3) is 0.286. The van der Waals surface area contributed by atoms with Crippen LogP contribution in [0, 0.1) is 11.8 Å². The van der Waals surface area contributed by atoms with Crippen LogP contribution in [0.1, 0.15) is 26.2 Å². The van der Waals surface area contributed by atoms with Crippen LogP contribution in [0.2, 0.25) is 0 Å². The summed E-state index contributed by atoms with van der Waals surface area (Å²) in [7, 11) is -4.46. The van der Waals surface area contributed by atoms with E-state index in [1.165, 1.54) is 0 Å². The summed E-state index contributed by atoms with van der Waals surface area (Å²) in [5, 5.41) is 20.2. The fourth-order valence-corrected chi connectivity index (χ4v) is 14.7. The van der Waals surface area contributed by atoms with Crippen LogP contribution in [0.3, 0.4) is 0 Å². The van der Waals surface area contributed by atoms with Gasteiger partial charge in [-0.15, -0.1) is 0 Å². The average molecular weight is 543 g/mol. The molecule has 7 nitrogen and oxygen atoms in total. The summed E-state index contributed by atoms with van der Waals surface area (Å²) in [6.07, 6.45) is -0.184. The summed E-state index contributed by atoms with van der Waals surface area (Å²) in [5.41, 5.74) is 0. The standard InChI is InChI=1S/C28H31O7PS/c1-2-36(23-12-6-3-7-13-23,24-14-8-4-9-15-24,25-16-10-5-11-17-25)35-37(33,34)26-19-21(27(29)30)18-22(20-26)28(31)32/h3-17,21-22,26H,2,18-20H2,1H3,(H,29,30)(H,31,32). The first-order valence-electron chi connectivity index (χ1n) is 12.2. The fourth-order valence-electron chi connectivity index (χ4n) is 5.60. The predicted molar refractivity (Wildman–Crippen MR) is 146 cm³/mol. The number of carbonyl (C=O) groups is 2. The van der Waals surface area contributed by atoms with Crippen molar-refractivity contribution < 1.29 is 32.2 Å². The summed E-state index contributed by atoms with van der Waals surface area (Å²) < 4.78 is 35.1. The normalized spacial score (nSPS) is 21.4. The van der Waals surface area contributed by atoms with Crippen LogP contribution < -0.4 is 15.9 Å². The molecule has 0 aliphatic heterocycles. The third-order valence-corrected chi connectivity index (χ3v) is 16.3. The molecule has 1 fully saturated rings. The van der Waals surface area contributed by atoms with E-state index in [2.05, 4.69) is 0 Å². The number of benzene rings is 3. The van der Waals surface area contributed by atoms with Crippen molar-refractivity contribution in [2.75, 3.05) is 6.16 Å². The zero-order valence-electron chi connectivity index (χ0n) is 20.5. The first-order valence-corrected chi connectivity index (χ1v) is 16.0. The van der Waals surface area contributed by atoms with E-state index in [4.69, 9.17) is 3.97 Å². The molecule has 2 N–H and O–H groups in total. The Balaban J connectivity index is 1.99. The number of rotatable bonds is 9. The zero-order valence-corrected chi connectivity index (χ0v) is 22.2. The summed E-state index contributed by atoms with van der Waals surface area (Å²) in [4.78, 5) is 23.7. The SMILES string of the molecule is CCP(OS(=O)(=O)C1CC(C(=O)O)CC(C(=O)O)C1)(c1ccccc1)(c1ccccc1)c1ccccc1. The third-order valence-electron chi connectivity index (χ3n) is 7.55. The van der Waals surface area contributed by atoms with Gasteiger partial charge in [-0.1, -0.05) is 0 Å². The summed E-state index contributed by atoms with van der Waals surface area (Å²) in [6, 6.07) is 27.9. The van der Waals surface area contributed by atoms with E-state index in [1.807, 2.05) is 97.9 Å². The molecule has 2 unspecified atom stereocenters. The van der Waals surface area contributed by atoms with Gasteiger partial charge in [0.1, 0.15) is 0 Å². The van der Waals surface area contributed by atoms with Gasteiger partial charge in [-0.3, -0.25) is 0 Å². The van der Waals surface area contributed by atoms with Gasteiger partial charge in [0, 0.05) is 0 Å². The molecular weight excluding hydrogens is 511 g/mol. The van der Waals surface area contributed by atoms with Crippen molar-refractivity contribution >= 4 is 44.8 Å². The molecule has 2 atom stereocenters. The quantitative estimate of drug-likeness (QED) is 0.396. The van der Waals surface area contributed by atoms with Gasteiger partial charge in [0.15, 0.2) is 0 Å². The second-order valence-electron chi connectivity index (χ2n) is 9.50. The van der Waals surface area contributed by atoms with Gasteiger partial charge in [0.25, 0.3) is 0 Å². The number of carboxylic acid groups (broad SMARTS) is 2. The van der Waals surface area contributed by atoms with Crippen LogP contribution in [-0.4, -0.2) is 42.0 Å². The van der Waals surface area contributed by atoms with Crippen molar-refractivity contribution in [1.82, 2.24) is 0 Å². The predicted octanol–water partition coefficient (Wildman–Crippen LogP) is 3.75. The molecule has 37 heavy (non-hydrogen) atoms. The molecular formula is C28H31O7PS. The van der Waals surface area contributed by atoms with Gasteiger partial charge < -0.3 is 0 Å². The molecule has 0 radical (unpaired) electrons. The van der Waals surface area contributed by atoms with E-state index in [9.17, 15) is 28.2 Å². The molecule has 0 bridgehead atoms. The summed E-state index contributed by atoms with van der Waals surface area (Å²) in [5.74, 6) is -4.58. The first kappa shape index (κ1) is 27.0. The maximum atomic E-state index is 14.2. The Morgan fingerprint density at radius 2 is 1.08 bits per heavy atom. The molecule has 1 aliphatic carbocycles. The minimum absolute atomic E-state index is 0.107. The Hall–Kier alpha value is -3.06. The topological polar surface area (TPSA) is 118 Å². The summed E-state index contributed by atoms with van der Waals surface area (Å²) >= 11 is 0. The monoisotopic (exact) mass is 542 g/mol. The Bertz CT molecular complexity index is 1240. The van der Waals surface area contributed by atoms with Crippen molar-refractivity contribution in [1.29, 1.82) is 0 Å². The molecule has 3 aromatic carbocycles. The molecule has 1 saturated carbocycles. The van der Waals surface area contributed by atoms with Crippen LogP contribution >= 0.6 is 6.83 Å². The Labute approximate surface area is 217 Å². The molecule has 0 saturated heterocycles. The molecule has 4 rings (SSSR count). The van der Waals surface area contributed by atoms with Crippen molar-refractivity contribution in [3.8, 4) is 0 Å². The van der Waals surface area contributed by atoms with E-state index < -0.39 is 46.0 Å². The Morgan fingerprint density at radius 1 is 0.730 bits per heavy atom.